The highest BCUT2D eigenvalue weighted by Crippen LogP contribution is 2.42. The summed E-state index contributed by atoms with van der Waals surface area (Å²) in [6, 6.07) is 1.76. The van der Waals surface area contributed by atoms with E-state index in [0.29, 0.717) is 17.5 Å². The van der Waals surface area contributed by atoms with Gasteiger partial charge in [0.2, 0.25) is 0 Å². The third-order valence-electron chi connectivity index (χ3n) is 6.89. The summed E-state index contributed by atoms with van der Waals surface area (Å²) < 4.78 is 0. The van der Waals surface area contributed by atoms with E-state index in [1.54, 1.807) is 0 Å². The van der Waals surface area contributed by atoms with Gasteiger partial charge in [0, 0.05) is 18.1 Å². The van der Waals surface area contributed by atoms with Crippen LogP contribution in [-0.2, 0) is 0 Å². The Morgan fingerprint density at radius 1 is 1.10 bits per heavy atom. The molecule has 0 aromatic rings. The Balaban J connectivity index is 2.02. The highest BCUT2D eigenvalue weighted by atomic mass is 15.2. The zero-order valence-electron chi connectivity index (χ0n) is 15.1. The van der Waals surface area contributed by atoms with E-state index >= 15 is 0 Å². The maximum absolute atomic E-state index is 6.53. The number of nitrogens with zero attached hydrogens (tertiary/aromatic N) is 1. The standard InChI is InChI=1S/C19H38N2/c1-6-19(3,4)15-10-11-17(20)18(13-15)21(5)16-9-7-8-14(2)12-16/h14-18H,6-13,20H2,1-5H3. The monoisotopic (exact) mass is 294 g/mol. The third kappa shape index (κ3) is 4.01. The van der Waals surface area contributed by atoms with Crippen LogP contribution < -0.4 is 5.73 Å². The van der Waals surface area contributed by atoms with Gasteiger partial charge in [-0.3, -0.25) is 4.90 Å². The fourth-order valence-electron chi connectivity index (χ4n) is 4.68. The Kier molecular flexibility index (Phi) is 5.76. The molecular weight excluding hydrogens is 256 g/mol. The molecule has 124 valence electrons. The summed E-state index contributed by atoms with van der Waals surface area (Å²) in [5, 5.41) is 0. The van der Waals surface area contributed by atoms with Crippen molar-refractivity contribution in [2.75, 3.05) is 7.05 Å². The fourth-order valence-corrected chi connectivity index (χ4v) is 4.68. The van der Waals surface area contributed by atoms with Crippen LogP contribution >= 0.6 is 0 Å². The third-order valence-corrected chi connectivity index (χ3v) is 6.89. The molecular formula is C19H38N2. The first-order valence-corrected chi connectivity index (χ1v) is 9.32. The zero-order valence-corrected chi connectivity index (χ0v) is 15.1. The van der Waals surface area contributed by atoms with Crippen molar-refractivity contribution >= 4 is 0 Å². The molecule has 5 unspecified atom stereocenters. The van der Waals surface area contributed by atoms with Crippen LogP contribution in [-0.4, -0.2) is 30.1 Å². The topological polar surface area (TPSA) is 29.3 Å². The van der Waals surface area contributed by atoms with Gasteiger partial charge in [0.05, 0.1) is 0 Å². The fraction of sp³-hybridized carbons (Fsp3) is 1.00. The number of hydrogen-bond donors (Lipinski definition) is 1. The molecule has 2 N–H and O–H groups in total. The van der Waals surface area contributed by atoms with Crippen LogP contribution in [0, 0.1) is 17.3 Å². The quantitative estimate of drug-likeness (QED) is 0.831. The first-order valence-electron chi connectivity index (χ1n) is 9.32. The SMILES string of the molecule is CCC(C)(C)C1CCC(N)C(N(C)C2CCCC(C)C2)C1. The van der Waals surface area contributed by atoms with Gasteiger partial charge in [0.1, 0.15) is 0 Å². The van der Waals surface area contributed by atoms with Gasteiger partial charge in [-0.2, -0.15) is 0 Å². The molecule has 0 saturated heterocycles. The van der Waals surface area contributed by atoms with Crippen molar-refractivity contribution < 1.29 is 0 Å². The summed E-state index contributed by atoms with van der Waals surface area (Å²) in [7, 11) is 2.36. The van der Waals surface area contributed by atoms with Crippen molar-refractivity contribution in [2.24, 2.45) is 23.0 Å². The molecule has 2 aliphatic carbocycles. The molecule has 0 aromatic heterocycles. The first-order chi connectivity index (χ1) is 9.85. The normalized spacial score (nSPS) is 38.7. The molecule has 2 rings (SSSR count). The lowest BCUT2D eigenvalue weighted by Crippen LogP contribution is -2.55. The van der Waals surface area contributed by atoms with Gasteiger partial charge >= 0.3 is 0 Å². The van der Waals surface area contributed by atoms with Crippen molar-refractivity contribution in [2.45, 2.75) is 97.2 Å². The summed E-state index contributed by atoms with van der Waals surface area (Å²) >= 11 is 0. The molecule has 2 nitrogen and oxygen atoms in total. The second-order valence-electron chi connectivity index (χ2n) is 8.67. The van der Waals surface area contributed by atoms with E-state index in [1.807, 2.05) is 0 Å². The van der Waals surface area contributed by atoms with Crippen molar-refractivity contribution in [3.8, 4) is 0 Å². The van der Waals surface area contributed by atoms with Crippen molar-refractivity contribution in [1.29, 1.82) is 0 Å². The minimum atomic E-state index is 0.385. The molecule has 2 fully saturated rings. The van der Waals surface area contributed by atoms with Crippen LogP contribution in [0.2, 0.25) is 0 Å². The Morgan fingerprint density at radius 3 is 2.43 bits per heavy atom. The zero-order chi connectivity index (χ0) is 15.6. The van der Waals surface area contributed by atoms with Crippen molar-refractivity contribution in [3.05, 3.63) is 0 Å². The van der Waals surface area contributed by atoms with E-state index in [4.69, 9.17) is 5.73 Å². The molecule has 0 spiro atoms. The molecule has 0 amide bonds. The molecule has 0 radical (unpaired) electrons. The molecule has 21 heavy (non-hydrogen) atoms. The van der Waals surface area contributed by atoms with Gasteiger partial charge in [0.25, 0.3) is 0 Å². The van der Waals surface area contributed by atoms with Crippen LogP contribution in [0.25, 0.3) is 0 Å². The second-order valence-corrected chi connectivity index (χ2v) is 8.67. The summed E-state index contributed by atoms with van der Waals surface area (Å²) in [5.74, 6) is 1.74. The summed E-state index contributed by atoms with van der Waals surface area (Å²) in [6.07, 6.45) is 10.7. The smallest absolute Gasteiger partial charge is 0.0249 e. The highest BCUT2D eigenvalue weighted by Gasteiger charge is 2.39. The molecule has 2 heteroatoms. The van der Waals surface area contributed by atoms with Gasteiger partial charge in [0.15, 0.2) is 0 Å². The van der Waals surface area contributed by atoms with Gasteiger partial charge in [-0.1, -0.05) is 47.0 Å². The second kappa shape index (κ2) is 7.00. The summed E-state index contributed by atoms with van der Waals surface area (Å²) in [6.45, 7) is 9.67. The molecule has 0 aliphatic heterocycles. The maximum Gasteiger partial charge on any atom is 0.0249 e. The van der Waals surface area contributed by atoms with Crippen molar-refractivity contribution in [1.82, 2.24) is 4.90 Å². The highest BCUT2D eigenvalue weighted by molar-refractivity contribution is 4.95. The van der Waals surface area contributed by atoms with Gasteiger partial charge in [-0.05, 0) is 56.4 Å². The number of hydrogen-bond acceptors (Lipinski definition) is 2. The summed E-state index contributed by atoms with van der Waals surface area (Å²) in [4.78, 5) is 2.68. The van der Waals surface area contributed by atoms with E-state index < -0.39 is 0 Å². The van der Waals surface area contributed by atoms with Gasteiger partial charge in [-0.25, -0.2) is 0 Å². The van der Waals surface area contributed by atoms with Crippen molar-refractivity contribution in [3.63, 3.8) is 0 Å². The van der Waals surface area contributed by atoms with E-state index in [0.717, 1.165) is 17.9 Å². The van der Waals surface area contributed by atoms with Crippen LogP contribution in [0.1, 0.15) is 79.1 Å². The minimum absolute atomic E-state index is 0.385. The van der Waals surface area contributed by atoms with E-state index in [1.165, 1.54) is 51.4 Å². The Hall–Kier alpha value is -0.0800. The largest absolute Gasteiger partial charge is 0.326 e. The molecule has 2 saturated carbocycles. The van der Waals surface area contributed by atoms with E-state index in [2.05, 4.69) is 39.6 Å². The number of likely N-dealkylation sites (N-methyl/N-ethyl adjacent to an activating group) is 1. The van der Waals surface area contributed by atoms with Crippen LogP contribution in [0.15, 0.2) is 0 Å². The molecule has 0 bridgehead atoms. The molecule has 5 atom stereocenters. The summed E-state index contributed by atoms with van der Waals surface area (Å²) in [5.41, 5.74) is 7.00. The van der Waals surface area contributed by atoms with Crippen LogP contribution in [0.3, 0.4) is 0 Å². The Morgan fingerprint density at radius 2 is 1.81 bits per heavy atom. The predicted octanol–water partition coefficient (Wildman–Crippen LogP) is 4.43. The lowest BCUT2D eigenvalue weighted by Gasteiger charge is -2.48. The van der Waals surface area contributed by atoms with E-state index in [-0.39, 0.29) is 0 Å². The first kappa shape index (κ1) is 17.3. The average Bonchev–Trinajstić information content (AvgIpc) is 2.47. The minimum Gasteiger partial charge on any atom is -0.326 e. The van der Waals surface area contributed by atoms with E-state index in [9.17, 15) is 0 Å². The molecule has 2 aliphatic rings. The number of rotatable bonds is 4. The Bertz CT molecular complexity index is 326. The van der Waals surface area contributed by atoms with Gasteiger partial charge in [-0.15, -0.1) is 0 Å². The predicted molar refractivity (Wildman–Crippen MR) is 92.4 cm³/mol. The lowest BCUT2D eigenvalue weighted by atomic mass is 9.67. The van der Waals surface area contributed by atoms with Crippen LogP contribution in [0.5, 0.6) is 0 Å². The maximum atomic E-state index is 6.53. The van der Waals surface area contributed by atoms with Crippen LogP contribution in [0.4, 0.5) is 0 Å². The van der Waals surface area contributed by atoms with Gasteiger partial charge < -0.3 is 5.73 Å². The number of nitrogens with two attached hydrogens (primary N) is 1. The average molecular weight is 295 g/mol. The molecule has 0 aromatic carbocycles. The Labute approximate surface area is 132 Å². The molecule has 0 heterocycles. The lowest BCUT2D eigenvalue weighted by molar-refractivity contribution is 0.0363.